The monoisotopic (exact) mass is 450 g/mol. The first-order chi connectivity index (χ1) is 15.6. The van der Waals surface area contributed by atoms with Crippen molar-refractivity contribution in [3.8, 4) is 0 Å². The lowest BCUT2D eigenvalue weighted by Crippen LogP contribution is -2.41. The number of carbonyl (C=O) groups is 3. The fourth-order valence-corrected chi connectivity index (χ4v) is 3.56. The second kappa shape index (κ2) is 9.90. The number of amides is 1. The Labute approximate surface area is 190 Å². The van der Waals surface area contributed by atoms with Gasteiger partial charge in [0, 0.05) is 48.0 Å². The van der Waals surface area contributed by atoms with Gasteiger partial charge in [-0.05, 0) is 59.8 Å². The van der Waals surface area contributed by atoms with Crippen LogP contribution in [0.2, 0.25) is 0 Å². The van der Waals surface area contributed by atoms with Crippen LogP contribution in [-0.4, -0.2) is 41.1 Å². The highest BCUT2D eigenvalue weighted by atomic mass is 16.4. The minimum Gasteiger partial charge on any atom is -0.481 e. The van der Waals surface area contributed by atoms with Gasteiger partial charge in [-0.3, -0.25) is 9.59 Å². The van der Waals surface area contributed by atoms with E-state index in [-0.39, 0.29) is 18.4 Å². The van der Waals surface area contributed by atoms with E-state index in [2.05, 4.69) is 5.32 Å². The minimum absolute atomic E-state index is 0.194. The van der Waals surface area contributed by atoms with E-state index in [9.17, 15) is 19.5 Å². The molecule has 3 aromatic rings. The number of aliphatic carboxylic acids is 2. The van der Waals surface area contributed by atoms with Gasteiger partial charge >= 0.3 is 11.9 Å². The summed E-state index contributed by atoms with van der Waals surface area (Å²) in [6.45, 7) is 0.599. The Hall–Kier alpha value is -4.27. The maximum atomic E-state index is 12.4. The average Bonchev–Trinajstić information content (AvgIpc) is 2.76. The van der Waals surface area contributed by atoms with Gasteiger partial charge in [0.2, 0.25) is 0 Å². The first kappa shape index (κ1) is 23.4. The molecular formula is C24H26N4O5. The Morgan fingerprint density at radius 1 is 1.00 bits per heavy atom. The third-order valence-electron chi connectivity index (χ3n) is 5.31. The predicted octanol–water partition coefficient (Wildman–Crippen LogP) is 2.69. The van der Waals surface area contributed by atoms with Crippen molar-refractivity contribution in [2.24, 2.45) is 0 Å². The largest absolute Gasteiger partial charge is 0.481 e. The summed E-state index contributed by atoms with van der Waals surface area (Å²) in [6, 6.07) is 15.0. The van der Waals surface area contributed by atoms with Gasteiger partial charge in [-0.1, -0.05) is 12.1 Å². The molecule has 7 N–H and O–H groups in total. The van der Waals surface area contributed by atoms with Crippen LogP contribution in [0.1, 0.15) is 28.8 Å². The minimum atomic E-state index is -1.28. The lowest BCUT2D eigenvalue weighted by molar-refractivity contribution is -0.140. The van der Waals surface area contributed by atoms with Crippen LogP contribution in [-0.2, 0) is 16.1 Å². The molecule has 1 atom stereocenters. The highest BCUT2D eigenvalue weighted by Crippen LogP contribution is 2.26. The van der Waals surface area contributed by atoms with Crippen LogP contribution in [0.4, 0.5) is 17.1 Å². The third kappa shape index (κ3) is 5.91. The number of nitrogens with one attached hydrogen (secondary N) is 1. The average molecular weight is 450 g/mol. The zero-order valence-electron chi connectivity index (χ0n) is 18.1. The van der Waals surface area contributed by atoms with Crippen molar-refractivity contribution in [2.45, 2.75) is 25.4 Å². The molecule has 9 heteroatoms. The molecule has 0 heterocycles. The number of carboxylic acids is 2. The molecular weight excluding hydrogens is 424 g/mol. The molecule has 1 amide bonds. The zero-order valence-corrected chi connectivity index (χ0v) is 18.1. The van der Waals surface area contributed by atoms with E-state index in [0.717, 1.165) is 22.0 Å². The van der Waals surface area contributed by atoms with Gasteiger partial charge in [-0.15, -0.1) is 0 Å². The Kier molecular flexibility index (Phi) is 7.02. The number of fused-ring (bicyclic) bond motifs is 1. The summed E-state index contributed by atoms with van der Waals surface area (Å²) in [6.07, 6.45) is -0.547. The molecule has 0 fully saturated rings. The molecule has 0 spiro atoms. The first-order valence-electron chi connectivity index (χ1n) is 10.3. The van der Waals surface area contributed by atoms with Gasteiger partial charge in [-0.25, -0.2) is 4.79 Å². The molecule has 0 aromatic heterocycles. The SMILES string of the molecule is CN(Cc1ccc2cc(N)cc(N)c2c1)c1ccc(C(=O)NC(CCC(=O)O)C(=O)O)cc1. The normalized spacial score (nSPS) is 11.7. The van der Waals surface area contributed by atoms with Gasteiger partial charge in [0.05, 0.1) is 0 Å². The van der Waals surface area contributed by atoms with Crippen molar-refractivity contribution in [1.82, 2.24) is 5.32 Å². The van der Waals surface area contributed by atoms with E-state index < -0.39 is 23.9 Å². The van der Waals surface area contributed by atoms with Crippen LogP contribution < -0.4 is 21.7 Å². The molecule has 0 saturated carbocycles. The maximum absolute atomic E-state index is 12.4. The van der Waals surface area contributed by atoms with E-state index in [4.69, 9.17) is 16.6 Å². The molecule has 3 rings (SSSR count). The molecule has 0 saturated heterocycles. The van der Waals surface area contributed by atoms with Gasteiger partial charge in [-0.2, -0.15) is 0 Å². The highest BCUT2D eigenvalue weighted by molar-refractivity contribution is 5.97. The lowest BCUT2D eigenvalue weighted by atomic mass is 10.0. The Balaban J connectivity index is 1.67. The fourth-order valence-electron chi connectivity index (χ4n) is 3.56. The molecule has 172 valence electrons. The van der Waals surface area contributed by atoms with Crippen molar-refractivity contribution < 1.29 is 24.6 Å². The van der Waals surface area contributed by atoms with Crippen LogP contribution in [0.15, 0.2) is 54.6 Å². The number of rotatable bonds is 9. The van der Waals surface area contributed by atoms with Crippen LogP contribution in [0, 0.1) is 0 Å². The molecule has 0 bridgehead atoms. The summed E-state index contributed by atoms with van der Waals surface area (Å²) in [7, 11) is 1.91. The Bertz CT molecular complexity index is 1190. The quantitative estimate of drug-likeness (QED) is 0.311. The van der Waals surface area contributed by atoms with Crippen LogP contribution >= 0.6 is 0 Å². The van der Waals surface area contributed by atoms with Gasteiger partial charge in [0.15, 0.2) is 0 Å². The highest BCUT2D eigenvalue weighted by Gasteiger charge is 2.21. The number of benzene rings is 3. The summed E-state index contributed by atoms with van der Waals surface area (Å²) < 4.78 is 0. The predicted molar refractivity (Wildman–Crippen MR) is 127 cm³/mol. The molecule has 0 aliphatic carbocycles. The number of hydrogen-bond acceptors (Lipinski definition) is 6. The third-order valence-corrected chi connectivity index (χ3v) is 5.31. The van der Waals surface area contributed by atoms with Crippen molar-refractivity contribution in [3.05, 3.63) is 65.7 Å². The summed E-state index contributed by atoms with van der Waals surface area (Å²) in [4.78, 5) is 36.4. The van der Waals surface area contributed by atoms with Crippen molar-refractivity contribution in [2.75, 3.05) is 23.4 Å². The molecule has 0 radical (unpaired) electrons. The van der Waals surface area contributed by atoms with E-state index in [0.29, 0.717) is 17.9 Å². The summed E-state index contributed by atoms with van der Waals surface area (Å²) in [5.41, 5.74) is 15.4. The van der Waals surface area contributed by atoms with E-state index in [1.54, 1.807) is 30.3 Å². The van der Waals surface area contributed by atoms with E-state index >= 15 is 0 Å². The van der Waals surface area contributed by atoms with Gasteiger partial charge in [0.25, 0.3) is 5.91 Å². The number of hydrogen-bond donors (Lipinski definition) is 5. The zero-order chi connectivity index (χ0) is 24.1. The van der Waals surface area contributed by atoms with Gasteiger partial charge < -0.3 is 31.9 Å². The van der Waals surface area contributed by atoms with Crippen molar-refractivity contribution >= 4 is 45.7 Å². The molecule has 33 heavy (non-hydrogen) atoms. The number of nitrogen functional groups attached to an aromatic ring is 2. The molecule has 9 nitrogen and oxygen atoms in total. The topological polar surface area (TPSA) is 159 Å². The summed E-state index contributed by atoms with van der Waals surface area (Å²) in [5, 5.41) is 22.2. The number of nitrogens with zero attached hydrogens (tertiary/aromatic N) is 1. The first-order valence-corrected chi connectivity index (χ1v) is 10.3. The second-order valence-corrected chi connectivity index (χ2v) is 7.87. The second-order valence-electron chi connectivity index (χ2n) is 7.87. The van der Waals surface area contributed by atoms with Crippen molar-refractivity contribution in [3.63, 3.8) is 0 Å². The Morgan fingerprint density at radius 2 is 1.70 bits per heavy atom. The number of anilines is 3. The van der Waals surface area contributed by atoms with Crippen molar-refractivity contribution in [1.29, 1.82) is 0 Å². The summed E-state index contributed by atoms with van der Waals surface area (Å²) >= 11 is 0. The number of nitrogens with two attached hydrogens (primary N) is 2. The Morgan fingerprint density at radius 3 is 2.33 bits per heavy atom. The maximum Gasteiger partial charge on any atom is 0.326 e. The number of carboxylic acid groups (broad SMARTS) is 2. The van der Waals surface area contributed by atoms with Crippen LogP contribution in [0.25, 0.3) is 10.8 Å². The van der Waals surface area contributed by atoms with Crippen LogP contribution in [0.3, 0.4) is 0 Å². The van der Waals surface area contributed by atoms with Gasteiger partial charge in [0.1, 0.15) is 6.04 Å². The smallest absolute Gasteiger partial charge is 0.326 e. The molecule has 0 aliphatic heterocycles. The summed E-state index contributed by atoms with van der Waals surface area (Å²) in [5.74, 6) is -2.98. The fraction of sp³-hybridized carbons (Fsp3) is 0.208. The van der Waals surface area contributed by atoms with E-state index in [1.807, 2.05) is 36.2 Å². The van der Waals surface area contributed by atoms with Crippen LogP contribution in [0.5, 0.6) is 0 Å². The molecule has 0 aliphatic rings. The standard InChI is InChI=1S/C24H26N4O5/c1-28(13-14-2-3-16-11-17(25)12-20(26)19(16)10-14)18-6-4-15(5-7-18)23(31)27-21(24(32)33)8-9-22(29)30/h2-7,10-12,21H,8-9,13,25-26H2,1H3,(H,27,31)(H,29,30)(H,32,33). The number of carbonyl (C=O) groups excluding carboxylic acids is 1. The molecule has 3 aromatic carbocycles. The van der Waals surface area contributed by atoms with E-state index in [1.165, 1.54) is 0 Å². The molecule has 1 unspecified atom stereocenters. The lowest BCUT2D eigenvalue weighted by Gasteiger charge is -2.20.